The van der Waals surface area contributed by atoms with E-state index in [1.807, 2.05) is 0 Å². The fourth-order valence-corrected chi connectivity index (χ4v) is 0.945. The minimum absolute atomic E-state index is 0.641. The number of aliphatic hydroxyl groups is 10. The molecule has 0 aromatic heterocycles. The van der Waals surface area contributed by atoms with Crippen molar-refractivity contribution in [2.75, 3.05) is 26.4 Å². The average molecular weight is 304 g/mol. The molecule has 0 aliphatic heterocycles. The molecule has 20 heavy (non-hydrogen) atoms. The Balaban J connectivity index is 0. The minimum Gasteiger partial charge on any atom is -0.394 e. The summed E-state index contributed by atoms with van der Waals surface area (Å²) in [5.41, 5.74) is 0. The van der Waals surface area contributed by atoms with Gasteiger partial charge in [-0.15, -0.1) is 0 Å². The van der Waals surface area contributed by atoms with E-state index in [4.69, 9.17) is 51.1 Å². The molecule has 0 aromatic rings. The van der Waals surface area contributed by atoms with E-state index in [1.165, 1.54) is 0 Å². The van der Waals surface area contributed by atoms with Crippen LogP contribution in [0.15, 0.2) is 0 Å². The molecule has 0 amide bonds. The van der Waals surface area contributed by atoms with Gasteiger partial charge in [0.2, 0.25) is 0 Å². The van der Waals surface area contributed by atoms with Crippen LogP contribution >= 0.6 is 0 Å². The van der Waals surface area contributed by atoms with Gasteiger partial charge in [-0.1, -0.05) is 0 Å². The van der Waals surface area contributed by atoms with Crippen molar-refractivity contribution in [1.29, 1.82) is 0 Å². The Labute approximate surface area is 115 Å². The highest BCUT2D eigenvalue weighted by molar-refractivity contribution is 4.73. The molecule has 124 valence electrons. The third-order valence-electron chi connectivity index (χ3n) is 2.33. The number of hydrogen-bond donors (Lipinski definition) is 10. The second kappa shape index (κ2) is 12.3. The van der Waals surface area contributed by atoms with Crippen LogP contribution in [0.2, 0.25) is 0 Å². The Morgan fingerprint density at radius 3 is 0.650 bits per heavy atom. The standard InChI is InChI=1S/2C5H12O5/c2*6-1-3(8)5(10)4(9)2-7/h2*3-10H,1-2H2/t2*3-,4-/m00/s1. The Morgan fingerprint density at radius 1 is 0.400 bits per heavy atom. The molecule has 0 spiro atoms. The molecule has 10 nitrogen and oxygen atoms in total. The number of aliphatic hydroxyl groups excluding tert-OH is 10. The van der Waals surface area contributed by atoms with Gasteiger partial charge in [-0.3, -0.25) is 0 Å². The maximum atomic E-state index is 8.77. The highest BCUT2D eigenvalue weighted by Crippen LogP contribution is 1.98. The van der Waals surface area contributed by atoms with Crippen LogP contribution in [0.25, 0.3) is 0 Å². The van der Waals surface area contributed by atoms with Gasteiger partial charge in [-0.05, 0) is 0 Å². The molecule has 0 aromatic carbocycles. The Bertz CT molecular complexity index is 174. The van der Waals surface area contributed by atoms with Crippen LogP contribution < -0.4 is 0 Å². The lowest BCUT2D eigenvalue weighted by Crippen LogP contribution is -2.41. The molecule has 0 unspecified atom stereocenters. The van der Waals surface area contributed by atoms with E-state index in [-0.39, 0.29) is 0 Å². The Hall–Kier alpha value is -0.400. The van der Waals surface area contributed by atoms with Gasteiger partial charge in [0.15, 0.2) is 0 Å². The third kappa shape index (κ3) is 8.71. The van der Waals surface area contributed by atoms with Gasteiger partial charge in [0, 0.05) is 0 Å². The minimum atomic E-state index is -1.49. The Kier molecular flexibility index (Phi) is 13.5. The van der Waals surface area contributed by atoms with Crippen LogP contribution in [0.1, 0.15) is 0 Å². The lowest BCUT2D eigenvalue weighted by molar-refractivity contribution is -0.0900. The first-order chi connectivity index (χ1) is 9.26. The fraction of sp³-hybridized carbons (Fsp3) is 1.00. The molecule has 10 N–H and O–H groups in total. The molecule has 0 bridgehead atoms. The smallest absolute Gasteiger partial charge is 0.110 e. The zero-order valence-electron chi connectivity index (χ0n) is 10.8. The van der Waals surface area contributed by atoms with Crippen LogP contribution in [0.4, 0.5) is 0 Å². The van der Waals surface area contributed by atoms with Crippen molar-refractivity contribution in [2.45, 2.75) is 36.6 Å². The molecule has 0 aliphatic carbocycles. The molecular formula is C10H24O10. The van der Waals surface area contributed by atoms with E-state index in [0.29, 0.717) is 0 Å². The summed E-state index contributed by atoms with van der Waals surface area (Å²) < 4.78 is 0. The van der Waals surface area contributed by atoms with Crippen molar-refractivity contribution in [3.05, 3.63) is 0 Å². The third-order valence-corrected chi connectivity index (χ3v) is 2.33. The van der Waals surface area contributed by atoms with Crippen molar-refractivity contribution < 1.29 is 51.1 Å². The fourth-order valence-electron chi connectivity index (χ4n) is 0.945. The normalized spacial score (nSPS) is 17.4. The van der Waals surface area contributed by atoms with Crippen LogP contribution in [-0.4, -0.2) is 114 Å². The summed E-state index contributed by atoms with van der Waals surface area (Å²) in [5.74, 6) is 0. The molecular weight excluding hydrogens is 280 g/mol. The van der Waals surface area contributed by atoms with Gasteiger partial charge in [0.1, 0.15) is 36.6 Å². The summed E-state index contributed by atoms with van der Waals surface area (Å²) >= 11 is 0. The average Bonchev–Trinajstić information content (AvgIpc) is 2.50. The van der Waals surface area contributed by atoms with E-state index >= 15 is 0 Å². The molecule has 0 saturated carbocycles. The van der Waals surface area contributed by atoms with Crippen molar-refractivity contribution in [2.24, 2.45) is 0 Å². The van der Waals surface area contributed by atoms with Crippen LogP contribution in [0.5, 0.6) is 0 Å². The summed E-state index contributed by atoms with van der Waals surface area (Å²) in [4.78, 5) is 0. The van der Waals surface area contributed by atoms with Crippen LogP contribution in [0.3, 0.4) is 0 Å². The molecule has 0 aliphatic rings. The zero-order chi connectivity index (χ0) is 16.3. The highest BCUT2D eigenvalue weighted by Gasteiger charge is 2.23. The quantitative estimate of drug-likeness (QED) is 0.206. The van der Waals surface area contributed by atoms with Crippen molar-refractivity contribution in [1.82, 2.24) is 0 Å². The molecule has 10 heteroatoms. The SMILES string of the molecule is OC[C@H](O)C(O)[C@@H](O)CO.OC[C@H](O)C(O)[C@@H](O)CO. The van der Waals surface area contributed by atoms with Gasteiger partial charge in [-0.25, -0.2) is 0 Å². The summed E-state index contributed by atoms with van der Waals surface area (Å²) in [6, 6.07) is 0. The highest BCUT2D eigenvalue weighted by atomic mass is 16.4. The number of hydrogen-bond acceptors (Lipinski definition) is 10. The van der Waals surface area contributed by atoms with Crippen LogP contribution in [-0.2, 0) is 0 Å². The topological polar surface area (TPSA) is 202 Å². The monoisotopic (exact) mass is 304 g/mol. The summed E-state index contributed by atoms with van der Waals surface area (Å²) in [7, 11) is 0. The molecule has 4 atom stereocenters. The predicted octanol–water partition coefficient (Wildman–Crippen LogP) is -5.89. The second-order valence-corrected chi connectivity index (χ2v) is 3.98. The van der Waals surface area contributed by atoms with Gasteiger partial charge < -0.3 is 51.1 Å². The first-order valence-corrected chi connectivity index (χ1v) is 5.78. The summed E-state index contributed by atoms with van der Waals surface area (Å²) in [6.07, 6.45) is -8.58. The first-order valence-electron chi connectivity index (χ1n) is 5.78. The van der Waals surface area contributed by atoms with E-state index < -0.39 is 63.1 Å². The number of rotatable bonds is 8. The molecule has 0 rings (SSSR count). The van der Waals surface area contributed by atoms with E-state index in [9.17, 15) is 0 Å². The first kappa shape index (κ1) is 21.9. The van der Waals surface area contributed by atoms with Gasteiger partial charge >= 0.3 is 0 Å². The lowest BCUT2D eigenvalue weighted by atomic mass is 10.1. The Morgan fingerprint density at radius 2 is 0.550 bits per heavy atom. The van der Waals surface area contributed by atoms with Crippen LogP contribution in [0, 0.1) is 0 Å². The molecule has 0 saturated heterocycles. The summed E-state index contributed by atoms with van der Waals surface area (Å²) in [5, 5.41) is 85.1. The van der Waals surface area contributed by atoms with Gasteiger partial charge in [0.25, 0.3) is 0 Å². The molecule has 0 radical (unpaired) electrons. The molecule has 0 heterocycles. The van der Waals surface area contributed by atoms with E-state index in [1.54, 1.807) is 0 Å². The second-order valence-electron chi connectivity index (χ2n) is 3.98. The predicted molar refractivity (Wildman–Crippen MR) is 64.4 cm³/mol. The van der Waals surface area contributed by atoms with Crippen molar-refractivity contribution in [3.63, 3.8) is 0 Å². The van der Waals surface area contributed by atoms with E-state index in [2.05, 4.69) is 0 Å². The maximum Gasteiger partial charge on any atom is 0.110 e. The van der Waals surface area contributed by atoms with Gasteiger partial charge in [0.05, 0.1) is 26.4 Å². The van der Waals surface area contributed by atoms with Crippen molar-refractivity contribution in [3.8, 4) is 0 Å². The maximum absolute atomic E-state index is 8.77. The van der Waals surface area contributed by atoms with Crippen molar-refractivity contribution >= 4 is 0 Å². The van der Waals surface area contributed by atoms with Gasteiger partial charge in [-0.2, -0.15) is 0 Å². The largest absolute Gasteiger partial charge is 0.394 e. The zero-order valence-corrected chi connectivity index (χ0v) is 10.8. The van der Waals surface area contributed by atoms with E-state index in [0.717, 1.165) is 0 Å². The lowest BCUT2D eigenvalue weighted by Gasteiger charge is -2.19. The summed E-state index contributed by atoms with van der Waals surface area (Å²) in [6.45, 7) is -2.56. The molecule has 0 fully saturated rings.